The van der Waals surface area contributed by atoms with E-state index in [0.29, 0.717) is 19.6 Å². The molecule has 1 N–H and O–H groups in total. The number of ether oxygens (including phenoxy) is 1. The molecule has 4 nitrogen and oxygen atoms in total. The molecule has 0 saturated carbocycles. The summed E-state index contributed by atoms with van der Waals surface area (Å²) in [7, 11) is 1.64. The Balaban J connectivity index is 1.96. The second kappa shape index (κ2) is 8.22. The van der Waals surface area contributed by atoms with E-state index < -0.39 is 0 Å². The number of hydrogen-bond acceptors (Lipinski definition) is 2. The van der Waals surface area contributed by atoms with Crippen LogP contribution in [0.1, 0.15) is 23.6 Å². The summed E-state index contributed by atoms with van der Waals surface area (Å²) in [5, 5.41) is 2.97. The zero-order valence-corrected chi connectivity index (χ0v) is 14.0. The van der Waals surface area contributed by atoms with E-state index in [4.69, 9.17) is 4.74 Å². The Bertz CT molecular complexity index is 655. The number of benzene rings is 2. The molecule has 0 aliphatic heterocycles. The maximum absolute atomic E-state index is 12.4. The van der Waals surface area contributed by atoms with Crippen molar-refractivity contribution in [1.82, 2.24) is 10.2 Å². The van der Waals surface area contributed by atoms with Crippen LogP contribution in [0.4, 0.5) is 4.79 Å². The molecule has 0 aliphatic rings. The second-order valence-corrected chi connectivity index (χ2v) is 5.45. The maximum atomic E-state index is 12.4. The Morgan fingerprint density at radius 2 is 1.96 bits per heavy atom. The quantitative estimate of drug-likeness (QED) is 0.883. The minimum Gasteiger partial charge on any atom is -0.497 e. The fourth-order valence-electron chi connectivity index (χ4n) is 2.39. The molecular formula is C19H24N2O2. The molecule has 0 unspecified atom stereocenters. The number of nitrogens with one attached hydrogen (secondary N) is 1. The third kappa shape index (κ3) is 4.74. The lowest BCUT2D eigenvalue weighted by Gasteiger charge is -2.22. The van der Waals surface area contributed by atoms with Crippen LogP contribution in [0.3, 0.4) is 0 Å². The number of carbonyl (C=O) groups is 1. The van der Waals surface area contributed by atoms with Crippen LogP contribution >= 0.6 is 0 Å². The van der Waals surface area contributed by atoms with E-state index in [1.165, 1.54) is 11.1 Å². The van der Waals surface area contributed by atoms with Gasteiger partial charge in [-0.15, -0.1) is 0 Å². The Kier molecular flexibility index (Phi) is 6.03. The van der Waals surface area contributed by atoms with Crippen molar-refractivity contribution >= 4 is 6.03 Å². The Morgan fingerprint density at radius 3 is 2.65 bits per heavy atom. The maximum Gasteiger partial charge on any atom is 0.317 e. The molecule has 23 heavy (non-hydrogen) atoms. The summed E-state index contributed by atoms with van der Waals surface area (Å²) in [5.41, 5.74) is 3.39. The largest absolute Gasteiger partial charge is 0.497 e. The molecule has 2 aromatic rings. The molecule has 0 bridgehead atoms. The van der Waals surface area contributed by atoms with Crippen LogP contribution in [0.25, 0.3) is 0 Å². The first-order valence-electron chi connectivity index (χ1n) is 7.84. The number of rotatable bonds is 6. The molecule has 0 aromatic heterocycles. The molecule has 0 atom stereocenters. The van der Waals surface area contributed by atoms with Gasteiger partial charge >= 0.3 is 6.03 Å². The second-order valence-electron chi connectivity index (χ2n) is 5.45. The van der Waals surface area contributed by atoms with Gasteiger partial charge < -0.3 is 15.0 Å². The van der Waals surface area contributed by atoms with E-state index in [0.717, 1.165) is 11.3 Å². The number of urea groups is 1. The van der Waals surface area contributed by atoms with Gasteiger partial charge in [0.2, 0.25) is 0 Å². The minimum atomic E-state index is -0.0569. The average Bonchev–Trinajstić information content (AvgIpc) is 2.59. The topological polar surface area (TPSA) is 41.6 Å². The molecule has 0 saturated heterocycles. The van der Waals surface area contributed by atoms with Gasteiger partial charge in [0, 0.05) is 19.6 Å². The van der Waals surface area contributed by atoms with Gasteiger partial charge in [-0.3, -0.25) is 0 Å². The summed E-state index contributed by atoms with van der Waals surface area (Å²) >= 11 is 0. The molecule has 0 fully saturated rings. The molecule has 0 heterocycles. The van der Waals surface area contributed by atoms with E-state index in [9.17, 15) is 4.79 Å². The first kappa shape index (κ1) is 16.9. The van der Waals surface area contributed by atoms with Crippen LogP contribution in [0.2, 0.25) is 0 Å². The van der Waals surface area contributed by atoms with Crippen molar-refractivity contribution in [3.8, 4) is 5.75 Å². The van der Waals surface area contributed by atoms with Crippen molar-refractivity contribution < 1.29 is 9.53 Å². The molecule has 2 amide bonds. The third-order valence-electron chi connectivity index (χ3n) is 3.87. The van der Waals surface area contributed by atoms with Gasteiger partial charge in [0.25, 0.3) is 0 Å². The van der Waals surface area contributed by atoms with Gasteiger partial charge in [0.1, 0.15) is 5.75 Å². The first-order valence-corrected chi connectivity index (χ1v) is 7.84. The van der Waals surface area contributed by atoms with Crippen LogP contribution in [-0.4, -0.2) is 24.6 Å². The van der Waals surface area contributed by atoms with Gasteiger partial charge in [-0.2, -0.15) is 0 Å². The molecular weight excluding hydrogens is 288 g/mol. The van der Waals surface area contributed by atoms with Crippen LogP contribution in [0, 0.1) is 6.92 Å². The summed E-state index contributed by atoms with van der Waals surface area (Å²) in [5.74, 6) is 0.795. The summed E-state index contributed by atoms with van der Waals surface area (Å²) in [6, 6.07) is 15.8. The van der Waals surface area contributed by atoms with Gasteiger partial charge in [0.15, 0.2) is 0 Å². The molecule has 2 rings (SSSR count). The lowest BCUT2D eigenvalue weighted by atomic mass is 10.1. The predicted molar refractivity (Wildman–Crippen MR) is 92.5 cm³/mol. The van der Waals surface area contributed by atoms with Crippen molar-refractivity contribution in [1.29, 1.82) is 0 Å². The highest BCUT2D eigenvalue weighted by Gasteiger charge is 2.12. The Hall–Kier alpha value is -2.49. The van der Waals surface area contributed by atoms with E-state index in [1.807, 2.05) is 48.2 Å². The van der Waals surface area contributed by atoms with Gasteiger partial charge in [-0.25, -0.2) is 4.79 Å². The van der Waals surface area contributed by atoms with Crippen molar-refractivity contribution in [2.24, 2.45) is 0 Å². The summed E-state index contributed by atoms with van der Waals surface area (Å²) in [6.07, 6.45) is 0. The van der Waals surface area contributed by atoms with Crippen molar-refractivity contribution in [3.05, 3.63) is 65.2 Å². The van der Waals surface area contributed by atoms with Crippen LogP contribution in [-0.2, 0) is 13.1 Å². The Morgan fingerprint density at radius 1 is 1.17 bits per heavy atom. The number of hydrogen-bond donors (Lipinski definition) is 1. The minimum absolute atomic E-state index is 0.0569. The number of amides is 2. The number of carbonyl (C=O) groups excluding carboxylic acids is 1. The summed E-state index contributed by atoms with van der Waals surface area (Å²) < 4.78 is 5.20. The smallest absolute Gasteiger partial charge is 0.317 e. The summed E-state index contributed by atoms with van der Waals surface area (Å²) in [6.45, 7) is 5.83. The van der Waals surface area contributed by atoms with Crippen molar-refractivity contribution in [2.45, 2.75) is 26.9 Å². The molecule has 0 radical (unpaired) electrons. The highest BCUT2D eigenvalue weighted by Crippen LogP contribution is 2.13. The average molecular weight is 312 g/mol. The Labute approximate surface area is 138 Å². The van der Waals surface area contributed by atoms with Crippen LogP contribution in [0.15, 0.2) is 48.5 Å². The predicted octanol–water partition coefficient (Wildman–Crippen LogP) is 3.74. The van der Waals surface area contributed by atoms with E-state index in [1.54, 1.807) is 7.11 Å². The molecule has 4 heteroatoms. The van der Waals surface area contributed by atoms with Gasteiger partial charge in [-0.05, 0) is 42.7 Å². The zero-order valence-electron chi connectivity index (χ0n) is 14.0. The van der Waals surface area contributed by atoms with E-state index in [2.05, 4.69) is 24.4 Å². The van der Waals surface area contributed by atoms with Gasteiger partial charge in [-0.1, -0.05) is 36.4 Å². The van der Waals surface area contributed by atoms with E-state index in [-0.39, 0.29) is 6.03 Å². The first-order chi connectivity index (χ1) is 11.1. The van der Waals surface area contributed by atoms with Crippen molar-refractivity contribution in [3.63, 3.8) is 0 Å². The lowest BCUT2D eigenvalue weighted by Crippen LogP contribution is -2.39. The van der Waals surface area contributed by atoms with Crippen molar-refractivity contribution in [2.75, 3.05) is 13.7 Å². The standard InChI is InChI=1S/C19H24N2O2/c1-4-21(14-17-10-6-5-8-15(17)2)19(22)20-13-16-9-7-11-18(12-16)23-3/h5-12H,4,13-14H2,1-3H3,(H,20,22). The van der Waals surface area contributed by atoms with Crippen LogP contribution in [0.5, 0.6) is 5.75 Å². The molecule has 0 aliphatic carbocycles. The number of nitrogens with zero attached hydrogens (tertiary/aromatic N) is 1. The van der Waals surface area contributed by atoms with Gasteiger partial charge in [0.05, 0.1) is 7.11 Å². The lowest BCUT2D eigenvalue weighted by molar-refractivity contribution is 0.197. The highest BCUT2D eigenvalue weighted by molar-refractivity contribution is 5.74. The fraction of sp³-hybridized carbons (Fsp3) is 0.316. The normalized spacial score (nSPS) is 10.2. The number of methoxy groups -OCH3 is 1. The molecule has 0 spiro atoms. The SMILES string of the molecule is CCN(Cc1ccccc1C)C(=O)NCc1cccc(OC)c1. The van der Waals surface area contributed by atoms with E-state index >= 15 is 0 Å². The zero-order chi connectivity index (χ0) is 16.7. The monoisotopic (exact) mass is 312 g/mol. The molecule has 122 valence electrons. The number of aryl methyl sites for hydroxylation is 1. The third-order valence-corrected chi connectivity index (χ3v) is 3.87. The molecule has 2 aromatic carbocycles. The van der Waals surface area contributed by atoms with Crippen LogP contribution < -0.4 is 10.1 Å². The fourth-order valence-corrected chi connectivity index (χ4v) is 2.39. The highest BCUT2D eigenvalue weighted by atomic mass is 16.5. The summed E-state index contributed by atoms with van der Waals surface area (Å²) in [4.78, 5) is 14.2.